The van der Waals surface area contributed by atoms with Gasteiger partial charge < -0.3 is 16.0 Å². The molecule has 0 spiro atoms. The van der Waals surface area contributed by atoms with Crippen LogP contribution in [0.5, 0.6) is 0 Å². The van der Waals surface area contributed by atoms with Gasteiger partial charge in [0, 0.05) is 38.3 Å². The van der Waals surface area contributed by atoms with Crippen molar-refractivity contribution in [3.05, 3.63) is 0 Å². The lowest BCUT2D eigenvalue weighted by atomic mass is 10.1. The minimum atomic E-state index is -0.0720. The van der Waals surface area contributed by atoms with E-state index in [0.717, 1.165) is 38.8 Å². The molecule has 104 valence electrons. The highest BCUT2D eigenvalue weighted by atomic mass is 16.2. The van der Waals surface area contributed by atoms with Gasteiger partial charge in [0.1, 0.15) is 0 Å². The van der Waals surface area contributed by atoms with Gasteiger partial charge in [0.05, 0.1) is 6.04 Å². The number of nitrogens with zero attached hydrogens (tertiary/aromatic N) is 1. The molecule has 1 saturated carbocycles. The number of nitrogens with one attached hydrogen (secondary N) is 3. The van der Waals surface area contributed by atoms with Crippen LogP contribution in [0.4, 0.5) is 0 Å². The van der Waals surface area contributed by atoms with Crippen LogP contribution in [0.1, 0.15) is 26.7 Å². The summed E-state index contributed by atoms with van der Waals surface area (Å²) in [5.74, 6) is 0.126. The van der Waals surface area contributed by atoms with Gasteiger partial charge in [-0.1, -0.05) is 6.92 Å². The maximum absolute atomic E-state index is 11.9. The molecule has 1 amide bonds. The van der Waals surface area contributed by atoms with Crippen molar-refractivity contribution in [2.24, 2.45) is 0 Å². The molecule has 1 saturated heterocycles. The fraction of sp³-hybridized carbons (Fsp3) is 0.923. The Morgan fingerprint density at radius 1 is 1.33 bits per heavy atom. The Kier molecular flexibility index (Phi) is 4.97. The summed E-state index contributed by atoms with van der Waals surface area (Å²) in [6.07, 6.45) is 2.65. The smallest absolute Gasteiger partial charge is 0.238 e. The van der Waals surface area contributed by atoms with E-state index in [1.165, 1.54) is 12.8 Å². The largest absolute Gasteiger partial charge is 0.353 e. The molecule has 5 nitrogen and oxygen atoms in total. The number of amides is 1. The Bertz CT molecular complexity index is 272. The average molecular weight is 254 g/mol. The molecule has 3 N–H and O–H groups in total. The predicted molar refractivity (Wildman–Crippen MR) is 72.5 cm³/mol. The van der Waals surface area contributed by atoms with Crippen molar-refractivity contribution in [3.63, 3.8) is 0 Å². The summed E-state index contributed by atoms with van der Waals surface area (Å²) >= 11 is 0. The Balaban J connectivity index is 1.62. The predicted octanol–water partition coefficient (Wildman–Crippen LogP) is -0.463. The summed E-state index contributed by atoms with van der Waals surface area (Å²) in [4.78, 5) is 14.4. The lowest BCUT2D eigenvalue weighted by Gasteiger charge is -2.28. The minimum absolute atomic E-state index is 0.0720. The van der Waals surface area contributed by atoms with E-state index in [0.29, 0.717) is 6.04 Å². The zero-order chi connectivity index (χ0) is 13.0. The Labute approximate surface area is 110 Å². The first-order chi connectivity index (χ1) is 8.70. The third-order valence-corrected chi connectivity index (χ3v) is 3.83. The number of likely N-dealkylation sites (N-methyl/N-ethyl adjacent to an activating group) is 1. The van der Waals surface area contributed by atoms with E-state index < -0.39 is 0 Å². The second-order valence-electron chi connectivity index (χ2n) is 5.42. The van der Waals surface area contributed by atoms with Crippen LogP contribution in [0, 0.1) is 0 Å². The highest BCUT2D eigenvalue weighted by Crippen LogP contribution is 2.25. The van der Waals surface area contributed by atoms with Gasteiger partial charge in [-0.05, 0) is 26.3 Å². The molecular weight excluding hydrogens is 228 g/mol. The van der Waals surface area contributed by atoms with E-state index in [-0.39, 0.29) is 11.9 Å². The fourth-order valence-corrected chi connectivity index (χ4v) is 2.45. The molecule has 0 aromatic rings. The molecule has 2 rings (SSSR count). The third kappa shape index (κ3) is 3.93. The lowest BCUT2D eigenvalue weighted by molar-refractivity contribution is -0.123. The maximum Gasteiger partial charge on any atom is 0.238 e. The van der Waals surface area contributed by atoms with Gasteiger partial charge in [0.2, 0.25) is 5.91 Å². The Morgan fingerprint density at radius 2 is 2.11 bits per heavy atom. The van der Waals surface area contributed by atoms with Gasteiger partial charge in [-0.25, -0.2) is 0 Å². The first-order valence-electron chi connectivity index (χ1n) is 7.19. The number of rotatable bonds is 6. The van der Waals surface area contributed by atoms with Crippen LogP contribution in [0.15, 0.2) is 0 Å². The summed E-state index contributed by atoms with van der Waals surface area (Å²) in [7, 11) is 0. The van der Waals surface area contributed by atoms with Gasteiger partial charge in [-0.3, -0.25) is 9.69 Å². The molecule has 1 aliphatic carbocycles. The molecule has 1 heterocycles. The van der Waals surface area contributed by atoms with Gasteiger partial charge in [-0.15, -0.1) is 0 Å². The van der Waals surface area contributed by atoms with Crippen molar-refractivity contribution in [2.75, 3.05) is 32.7 Å². The number of hydrogen-bond donors (Lipinski definition) is 3. The third-order valence-electron chi connectivity index (χ3n) is 3.83. The summed E-state index contributed by atoms with van der Waals surface area (Å²) in [5, 5.41) is 9.62. The van der Waals surface area contributed by atoms with Crippen LogP contribution in [-0.4, -0.2) is 61.7 Å². The van der Waals surface area contributed by atoms with E-state index in [4.69, 9.17) is 0 Å². The summed E-state index contributed by atoms with van der Waals surface area (Å²) in [5.41, 5.74) is 0. The fourth-order valence-electron chi connectivity index (χ4n) is 2.45. The SMILES string of the molecule is CCN(CCNC(=O)C1CNC(C)CN1)C1CC1. The number of hydrogen-bond acceptors (Lipinski definition) is 4. The first kappa shape index (κ1) is 13.8. The highest BCUT2D eigenvalue weighted by molar-refractivity contribution is 5.82. The minimum Gasteiger partial charge on any atom is -0.353 e. The zero-order valence-electron chi connectivity index (χ0n) is 11.5. The monoisotopic (exact) mass is 254 g/mol. The van der Waals surface area contributed by atoms with Crippen LogP contribution in [-0.2, 0) is 4.79 Å². The molecule has 1 aliphatic heterocycles. The molecule has 2 aliphatic rings. The number of carbonyl (C=O) groups is 1. The van der Waals surface area contributed by atoms with E-state index in [1.54, 1.807) is 0 Å². The van der Waals surface area contributed by atoms with Crippen molar-refractivity contribution in [3.8, 4) is 0 Å². The molecular formula is C13H26N4O. The summed E-state index contributed by atoms with van der Waals surface area (Å²) < 4.78 is 0. The number of carbonyl (C=O) groups excluding carboxylic acids is 1. The zero-order valence-corrected chi connectivity index (χ0v) is 11.5. The quantitative estimate of drug-likeness (QED) is 0.600. The average Bonchev–Trinajstić information content (AvgIpc) is 3.19. The normalized spacial score (nSPS) is 28.4. The van der Waals surface area contributed by atoms with Crippen molar-refractivity contribution >= 4 is 5.91 Å². The molecule has 2 atom stereocenters. The van der Waals surface area contributed by atoms with Crippen LogP contribution in [0.2, 0.25) is 0 Å². The van der Waals surface area contributed by atoms with Crippen LogP contribution >= 0.6 is 0 Å². The van der Waals surface area contributed by atoms with Gasteiger partial charge in [-0.2, -0.15) is 0 Å². The highest BCUT2D eigenvalue weighted by Gasteiger charge is 2.28. The lowest BCUT2D eigenvalue weighted by Crippen LogP contribution is -2.59. The van der Waals surface area contributed by atoms with E-state index in [9.17, 15) is 4.79 Å². The summed E-state index contributed by atoms with van der Waals surface area (Å²) in [6, 6.07) is 1.17. The molecule has 0 bridgehead atoms. The topological polar surface area (TPSA) is 56.4 Å². The van der Waals surface area contributed by atoms with Gasteiger partial charge in [0.25, 0.3) is 0 Å². The standard InChI is InChI=1S/C13H26N4O/c1-3-17(11-4-5-11)7-6-14-13(18)12-9-15-10(2)8-16-12/h10-12,15-16H,3-9H2,1-2H3,(H,14,18). The number of piperazine rings is 1. The van der Waals surface area contributed by atoms with Crippen molar-refractivity contribution < 1.29 is 4.79 Å². The molecule has 0 radical (unpaired) electrons. The van der Waals surface area contributed by atoms with Crippen LogP contribution in [0.3, 0.4) is 0 Å². The van der Waals surface area contributed by atoms with Crippen molar-refractivity contribution in [2.45, 2.75) is 44.8 Å². The Hall–Kier alpha value is -0.650. The molecule has 0 aromatic carbocycles. The molecule has 2 fully saturated rings. The second kappa shape index (κ2) is 6.50. The van der Waals surface area contributed by atoms with E-state index in [2.05, 4.69) is 34.7 Å². The maximum atomic E-state index is 11.9. The van der Waals surface area contributed by atoms with Crippen LogP contribution in [0.25, 0.3) is 0 Å². The van der Waals surface area contributed by atoms with Crippen molar-refractivity contribution in [1.29, 1.82) is 0 Å². The molecule has 18 heavy (non-hydrogen) atoms. The van der Waals surface area contributed by atoms with Crippen molar-refractivity contribution in [1.82, 2.24) is 20.9 Å². The second-order valence-corrected chi connectivity index (χ2v) is 5.42. The van der Waals surface area contributed by atoms with Gasteiger partial charge in [0.15, 0.2) is 0 Å². The molecule has 0 aromatic heterocycles. The molecule has 2 unspecified atom stereocenters. The first-order valence-corrected chi connectivity index (χ1v) is 7.19. The van der Waals surface area contributed by atoms with E-state index in [1.807, 2.05) is 0 Å². The molecule has 5 heteroatoms. The Morgan fingerprint density at radius 3 is 2.67 bits per heavy atom. The summed E-state index contributed by atoms with van der Waals surface area (Å²) in [6.45, 7) is 8.72. The van der Waals surface area contributed by atoms with Crippen LogP contribution < -0.4 is 16.0 Å². The van der Waals surface area contributed by atoms with E-state index >= 15 is 0 Å². The van der Waals surface area contributed by atoms with Gasteiger partial charge >= 0.3 is 0 Å².